The van der Waals surface area contributed by atoms with Crippen LogP contribution in [0, 0.1) is 0 Å². The predicted octanol–water partition coefficient (Wildman–Crippen LogP) is 2.64. The smallest absolute Gasteiger partial charge is 0.336 e. The van der Waals surface area contributed by atoms with Gasteiger partial charge in [-0.05, 0) is 43.3 Å². The molecule has 8 heteroatoms. The number of aryl methyl sites for hydroxylation is 1. The number of nitrogens with zero attached hydrogens (tertiary/aromatic N) is 2. The molecule has 27 heavy (non-hydrogen) atoms. The van der Waals surface area contributed by atoms with Gasteiger partial charge in [-0.1, -0.05) is 12.1 Å². The Morgan fingerprint density at radius 3 is 2.74 bits per heavy atom. The first-order valence-electron chi connectivity index (χ1n) is 8.45. The number of rotatable bonds is 5. The van der Waals surface area contributed by atoms with E-state index in [0.717, 1.165) is 11.0 Å². The molecule has 0 amide bonds. The zero-order chi connectivity index (χ0) is 19.0. The van der Waals surface area contributed by atoms with Crippen molar-refractivity contribution in [3.63, 3.8) is 0 Å². The molecule has 0 fully saturated rings. The molecule has 2 aromatic carbocycles. The van der Waals surface area contributed by atoms with E-state index < -0.39 is 15.6 Å². The second-order valence-corrected chi connectivity index (χ2v) is 7.81. The number of nitrogens with one attached hydrogen (secondary N) is 1. The molecule has 0 aliphatic rings. The first-order chi connectivity index (χ1) is 13.0. The Kier molecular flexibility index (Phi) is 4.29. The maximum absolute atomic E-state index is 12.7. The van der Waals surface area contributed by atoms with Crippen molar-refractivity contribution in [2.24, 2.45) is 0 Å². The second kappa shape index (κ2) is 6.64. The Bertz CT molecular complexity index is 1310. The second-order valence-electron chi connectivity index (χ2n) is 6.04. The summed E-state index contributed by atoms with van der Waals surface area (Å²) in [7, 11) is -3.75. The molecular formula is C19H17N3O4S. The number of sulfonamides is 1. The van der Waals surface area contributed by atoms with E-state index in [9.17, 15) is 13.2 Å². The van der Waals surface area contributed by atoms with Crippen LogP contribution >= 0.6 is 0 Å². The number of benzene rings is 2. The minimum Gasteiger partial charge on any atom is -0.423 e. The van der Waals surface area contributed by atoms with Crippen LogP contribution in [0.15, 0.2) is 68.7 Å². The molecular weight excluding hydrogens is 366 g/mol. The topological polar surface area (TPSA) is 94.2 Å². The van der Waals surface area contributed by atoms with Crippen molar-refractivity contribution in [2.45, 2.75) is 24.9 Å². The lowest BCUT2D eigenvalue weighted by Gasteiger charge is -2.09. The van der Waals surface area contributed by atoms with E-state index >= 15 is 0 Å². The third-order valence-electron chi connectivity index (χ3n) is 4.37. The highest BCUT2D eigenvalue weighted by Gasteiger charge is 2.17. The van der Waals surface area contributed by atoms with E-state index in [2.05, 4.69) is 9.71 Å². The quantitative estimate of drug-likeness (QED) is 0.535. The molecule has 138 valence electrons. The molecule has 0 aliphatic heterocycles. The number of para-hydroxylation sites is 2. The van der Waals surface area contributed by atoms with Crippen molar-refractivity contribution >= 4 is 32.0 Å². The van der Waals surface area contributed by atoms with Crippen LogP contribution in [0.5, 0.6) is 0 Å². The lowest BCUT2D eigenvalue weighted by molar-refractivity contribution is 0.560. The van der Waals surface area contributed by atoms with E-state index in [0.29, 0.717) is 23.3 Å². The molecule has 4 aromatic rings. The normalized spacial score (nSPS) is 12.0. The highest BCUT2D eigenvalue weighted by molar-refractivity contribution is 7.89. The predicted molar refractivity (Wildman–Crippen MR) is 102 cm³/mol. The van der Waals surface area contributed by atoms with Crippen molar-refractivity contribution in [1.29, 1.82) is 0 Å². The maximum Gasteiger partial charge on any atom is 0.336 e. The molecule has 2 heterocycles. The van der Waals surface area contributed by atoms with E-state index in [4.69, 9.17) is 4.42 Å². The van der Waals surface area contributed by atoms with Crippen LogP contribution in [0.4, 0.5) is 0 Å². The molecule has 0 bridgehead atoms. The van der Waals surface area contributed by atoms with Gasteiger partial charge in [0.25, 0.3) is 0 Å². The van der Waals surface area contributed by atoms with Crippen molar-refractivity contribution in [1.82, 2.24) is 14.3 Å². The van der Waals surface area contributed by atoms with E-state index in [1.54, 1.807) is 0 Å². The van der Waals surface area contributed by atoms with Crippen LogP contribution in [-0.4, -0.2) is 18.0 Å². The van der Waals surface area contributed by atoms with Crippen molar-refractivity contribution in [3.05, 3.63) is 70.8 Å². The van der Waals surface area contributed by atoms with Crippen LogP contribution in [0.2, 0.25) is 0 Å². The molecule has 0 atom stereocenters. The van der Waals surface area contributed by atoms with E-state index in [1.165, 1.54) is 30.3 Å². The SMILES string of the molecule is CCn1c(CNS(=O)(=O)c2ccc3oc(=O)ccc3c2)nc2ccccc21. The van der Waals surface area contributed by atoms with Crippen molar-refractivity contribution in [2.75, 3.05) is 0 Å². The van der Waals surface area contributed by atoms with Crippen LogP contribution in [0.1, 0.15) is 12.7 Å². The highest BCUT2D eigenvalue weighted by Crippen LogP contribution is 2.19. The fraction of sp³-hybridized carbons (Fsp3) is 0.158. The average molecular weight is 383 g/mol. The summed E-state index contributed by atoms with van der Waals surface area (Å²) in [6.07, 6.45) is 0. The first kappa shape index (κ1) is 17.4. The van der Waals surface area contributed by atoms with Gasteiger partial charge in [-0.25, -0.2) is 22.9 Å². The highest BCUT2D eigenvalue weighted by atomic mass is 32.2. The summed E-state index contributed by atoms with van der Waals surface area (Å²) in [6, 6.07) is 14.9. The fourth-order valence-electron chi connectivity index (χ4n) is 3.07. The average Bonchev–Trinajstić information content (AvgIpc) is 3.03. The summed E-state index contributed by atoms with van der Waals surface area (Å²) in [4.78, 5) is 15.9. The van der Waals surface area contributed by atoms with Gasteiger partial charge in [0.05, 0.1) is 22.5 Å². The molecule has 0 spiro atoms. The maximum atomic E-state index is 12.7. The zero-order valence-corrected chi connectivity index (χ0v) is 15.4. The van der Waals surface area contributed by atoms with Gasteiger partial charge in [-0.3, -0.25) is 0 Å². The molecule has 2 aromatic heterocycles. The Labute approximate surface area is 155 Å². The van der Waals surface area contributed by atoms with Crippen LogP contribution < -0.4 is 10.3 Å². The van der Waals surface area contributed by atoms with Gasteiger partial charge < -0.3 is 8.98 Å². The monoisotopic (exact) mass is 383 g/mol. The number of hydrogen-bond donors (Lipinski definition) is 1. The number of hydrogen-bond acceptors (Lipinski definition) is 5. The number of fused-ring (bicyclic) bond motifs is 2. The van der Waals surface area contributed by atoms with E-state index in [-0.39, 0.29) is 11.4 Å². The molecule has 0 radical (unpaired) electrons. The molecule has 0 saturated carbocycles. The third-order valence-corrected chi connectivity index (χ3v) is 5.77. The van der Waals surface area contributed by atoms with Gasteiger partial charge in [-0.15, -0.1) is 0 Å². The standard InChI is InChI=1S/C19H17N3O4S/c1-2-22-16-6-4-3-5-15(16)21-18(22)12-20-27(24,25)14-8-9-17-13(11-14)7-10-19(23)26-17/h3-11,20H,2,12H2,1H3. The van der Waals surface area contributed by atoms with Crippen LogP contribution in [0.3, 0.4) is 0 Å². The molecule has 0 unspecified atom stereocenters. The summed E-state index contributed by atoms with van der Waals surface area (Å²) in [5.41, 5.74) is 1.66. The molecule has 7 nitrogen and oxygen atoms in total. The number of imidazole rings is 1. The minimum atomic E-state index is -3.75. The fourth-order valence-corrected chi connectivity index (χ4v) is 4.09. The molecule has 1 N–H and O–H groups in total. The van der Waals surface area contributed by atoms with Gasteiger partial charge in [0.15, 0.2) is 0 Å². The first-order valence-corrected chi connectivity index (χ1v) is 9.94. The molecule has 4 rings (SSSR count). The van der Waals surface area contributed by atoms with Gasteiger partial charge in [-0.2, -0.15) is 0 Å². The number of aromatic nitrogens is 2. The Morgan fingerprint density at radius 1 is 1.11 bits per heavy atom. The lowest BCUT2D eigenvalue weighted by Crippen LogP contribution is -2.25. The zero-order valence-electron chi connectivity index (χ0n) is 14.5. The van der Waals surface area contributed by atoms with Crippen molar-refractivity contribution < 1.29 is 12.8 Å². The van der Waals surface area contributed by atoms with Gasteiger partial charge in [0, 0.05) is 18.0 Å². The van der Waals surface area contributed by atoms with Crippen molar-refractivity contribution in [3.8, 4) is 0 Å². The summed E-state index contributed by atoms with van der Waals surface area (Å²) in [5.74, 6) is 0.647. The largest absolute Gasteiger partial charge is 0.423 e. The lowest BCUT2D eigenvalue weighted by atomic mass is 10.2. The summed E-state index contributed by atoms with van der Waals surface area (Å²) < 4.78 is 35.0. The van der Waals surface area contributed by atoms with Crippen LogP contribution in [-0.2, 0) is 23.1 Å². The van der Waals surface area contributed by atoms with Gasteiger partial charge in [0.2, 0.25) is 10.0 Å². The Hall–Kier alpha value is -2.97. The third kappa shape index (κ3) is 3.24. The molecule has 0 aliphatic carbocycles. The summed E-state index contributed by atoms with van der Waals surface area (Å²) in [6.45, 7) is 2.75. The molecule has 0 saturated heterocycles. The summed E-state index contributed by atoms with van der Waals surface area (Å²) in [5, 5.41) is 0.540. The van der Waals surface area contributed by atoms with E-state index in [1.807, 2.05) is 35.8 Å². The van der Waals surface area contributed by atoms with Gasteiger partial charge >= 0.3 is 5.63 Å². The Balaban J connectivity index is 1.64. The van der Waals surface area contributed by atoms with Crippen LogP contribution in [0.25, 0.3) is 22.0 Å². The summed E-state index contributed by atoms with van der Waals surface area (Å²) >= 11 is 0. The Morgan fingerprint density at radius 2 is 1.93 bits per heavy atom. The minimum absolute atomic E-state index is 0.0762. The van der Waals surface area contributed by atoms with Gasteiger partial charge in [0.1, 0.15) is 11.4 Å².